The van der Waals surface area contributed by atoms with Crippen LogP contribution in [0.4, 0.5) is 0 Å². The molecule has 0 saturated carbocycles. The van der Waals surface area contributed by atoms with E-state index < -0.39 is 0 Å². The second-order valence-corrected chi connectivity index (χ2v) is 7.34. The van der Waals surface area contributed by atoms with E-state index in [0.717, 1.165) is 13.1 Å². The summed E-state index contributed by atoms with van der Waals surface area (Å²) in [7, 11) is 0. The van der Waals surface area contributed by atoms with Crippen LogP contribution in [0.2, 0.25) is 0 Å². The van der Waals surface area contributed by atoms with Crippen molar-refractivity contribution in [3.05, 3.63) is 71.3 Å². The molecule has 2 fully saturated rings. The Kier molecular flexibility index (Phi) is 3.96. The van der Waals surface area contributed by atoms with E-state index in [1.165, 1.54) is 37.1 Å². The highest BCUT2D eigenvalue weighted by atomic mass is 15.2. The van der Waals surface area contributed by atoms with Crippen molar-refractivity contribution >= 4 is 0 Å². The average molecular weight is 306 g/mol. The lowest BCUT2D eigenvalue weighted by molar-refractivity contribution is 0.250. The van der Waals surface area contributed by atoms with Gasteiger partial charge in [-0.3, -0.25) is 4.90 Å². The number of rotatable bonds is 5. The second-order valence-electron chi connectivity index (χ2n) is 7.34. The van der Waals surface area contributed by atoms with Crippen molar-refractivity contribution in [3.8, 4) is 0 Å². The number of piperidine rings is 1. The fourth-order valence-corrected chi connectivity index (χ4v) is 4.40. The number of aryl methyl sites for hydroxylation is 1. The lowest BCUT2D eigenvalue weighted by Crippen LogP contribution is -2.39. The van der Waals surface area contributed by atoms with E-state index in [1.54, 1.807) is 5.56 Å². The van der Waals surface area contributed by atoms with E-state index in [1.807, 2.05) is 0 Å². The van der Waals surface area contributed by atoms with Crippen LogP contribution in [0, 0.1) is 6.92 Å². The highest BCUT2D eigenvalue weighted by Crippen LogP contribution is 2.46. The minimum absolute atomic E-state index is 0.414. The average Bonchev–Trinajstić information content (AvgIpc) is 3.17. The first-order valence-electron chi connectivity index (χ1n) is 8.81. The van der Waals surface area contributed by atoms with E-state index in [9.17, 15) is 0 Å². The Morgan fingerprint density at radius 3 is 2.65 bits per heavy atom. The SMILES string of the molecule is Cc1ccc(CNC[C@@H]2C[C@@]3(c4ccccc4)CCN2C3)cc1. The summed E-state index contributed by atoms with van der Waals surface area (Å²) in [4.78, 5) is 2.69. The van der Waals surface area contributed by atoms with Gasteiger partial charge in [0, 0.05) is 31.1 Å². The summed E-state index contributed by atoms with van der Waals surface area (Å²) in [6, 6.07) is 20.7. The van der Waals surface area contributed by atoms with Crippen LogP contribution in [0.1, 0.15) is 29.5 Å². The molecule has 0 aromatic heterocycles. The molecule has 2 nitrogen and oxygen atoms in total. The summed E-state index contributed by atoms with van der Waals surface area (Å²) >= 11 is 0. The molecular weight excluding hydrogens is 280 g/mol. The zero-order valence-corrected chi connectivity index (χ0v) is 14.0. The van der Waals surface area contributed by atoms with Crippen molar-refractivity contribution in [2.24, 2.45) is 0 Å². The standard InChI is InChI=1S/C21H26N2/c1-17-7-9-18(10-8-17)14-22-15-20-13-21(11-12-23(20)16-21)19-5-3-2-4-6-19/h2-10,20,22H,11-16H2,1H3/t20-,21-/m0/s1. The highest BCUT2D eigenvalue weighted by Gasteiger charge is 2.49. The van der Waals surface area contributed by atoms with Crippen molar-refractivity contribution in [1.29, 1.82) is 0 Å². The Morgan fingerprint density at radius 2 is 1.87 bits per heavy atom. The maximum atomic E-state index is 3.67. The molecule has 4 rings (SSSR count). The van der Waals surface area contributed by atoms with Gasteiger partial charge in [-0.1, -0.05) is 60.2 Å². The summed E-state index contributed by atoms with van der Waals surface area (Å²) in [5.74, 6) is 0. The lowest BCUT2D eigenvalue weighted by atomic mass is 9.76. The zero-order chi connectivity index (χ0) is 15.7. The van der Waals surface area contributed by atoms with Crippen LogP contribution < -0.4 is 5.32 Å². The number of nitrogens with one attached hydrogen (secondary N) is 1. The Morgan fingerprint density at radius 1 is 1.09 bits per heavy atom. The van der Waals surface area contributed by atoms with Crippen molar-refractivity contribution in [2.45, 2.75) is 37.8 Å². The van der Waals surface area contributed by atoms with Crippen LogP contribution in [-0.4, -0.2) is 30.6 Å². The summed E-state index contributed by atoms with van der Waals surface area (Å²) in [6.45, 7) is 6.72. The largest absolute Gasteiger partial charge is 0.311 e. The van der Waals surface area contributed by atoms with Crippen LogP contribution in [0.15, 0.2) is 54.6 Å². The lowest BCUT2D eigenvalue weighted by Gasteiger charge is -2.30. The normalized spacial score (nSPS) is 29.1. The first-order chi connectivity index (χ1) is 11.3. The molecule has 1 N–H and O–H groups in total. The van der Waals surface area contributed by atoms with Gasteiger partial charge in [0.05, 0.1) is 0 Å². The molecule has 2 saturated heterocycles. The molecule has 0 radical (unpaired) electrons. The molecule has 2 heterocycles. The van der Waals surface area contributed by atoms with Gasteiger partial charge in [-0.15, -0.1) is 0 Å². The molecule has 0 aliphatic carbocycles. The van der Waals surface area contributed by atoms with Gasteiger partial charge in [-0.05, 0) is 37.4 Å². The first-order valence-corrected chi connectivity index (χ1v) is 8.81. The van der Waals surface area contributed by atoms with Gasteiger partial charge in [0.15, 0.2) is 0 Å². The Balaban J connectivity index is 1.36. The van der Waals surface area contributed by atoms with Crippen LogP contribution in [0.25, 0.3) is 0 Å². The van der Waals surface area contributed by atoms with Crippen molar-refractivity contribution < 1.29 is 0 Å². The van der Waals surface area contributed by atoms with E-state index in [0.29, 0.717) is 11.5 Å². The van der Waals surface area contributed by atoms with Gasteiger partial charge in [-0.2, -0.15) is 0 Å². The van der Waals surface area contributed by atoms with Gasteiger partial charge in [0.2, 0.25) is 0 Å². The quantitative estimate of drug-likeness (QED) is 0.909. The Hall–Kier alpha value is -1.64. The van der Waals surface area contributed by atoms with Crippen LogP contribution in [0.5, 0.6) is 0 Å². The monoisotopic (exact) mass is 306 g/mol. The number of fused-ring (bicyclic) bond motifs is 2. The summed E-state index contributed by atoms with van der Waals surface area (Å²) < 4.78 is 0. The predicted octanol–water partition coefficient (Wildman–Crippen LogP) is 3.50. The molecule has 2 aromatic rings. The van der Waals surface area contributed by atoms with Gasteiger partial charge in [0.1, 0.15) is 0 Å². The second kappa shape index (κ2) is 6.10. The molecule has 3 atom stereocenters. The molecule has 0 spiro atoms. The number of benzene rings is 2. The van der Waals surface area contributed by atoms with Gasteiger partial charge >= 0.3 is 0 Å². The first kappa shape index (κ1) is 14.9. The van der Waals surface area contributed by atoms with Crippen LogP contribution in [-0.2, 0) is 12.0 Å². The smallest absolute Gasteiger partial charge is 0.0230 e. The molecule has 2 heteroatoms. The molecule has 0 amide bonds. The third kappa shape index (κ3) is 2.93. The molecule has 120 valence electrons. The van der Waals surface area contributed by atoms with Gasteiger partial charge in [-0.25, -0.2) is 0 Å². The Labute approximate surface area is 139 Å². The highest BCUT2D eigenvalue weighted by molar-refractivity contribution is 5.30. The van der Waals surface area contributed by atoms with E-state index in [-0.39, 0.29) is 0 Å². The Bertz CT molecular complexity index is 649. The molecule has 2 aliphatic heterocycles. The summed E-state index contributed by atoms with van der Waals surface area (Å²) in [5.41, 5.74) is 4.67. The van der Waals surface area contributed by atoms with Crippen molar-refractivity contribution in [3.63, 3.8) is 0 Å². The molecule has 2 aromatic carbocycles. The van der Waals surface area contributed by atoms with Crippen LogP contribution >= 0.6 is 0 Å². The van der Waals surface area contributed by atoms with Crippen molar-refractivity contribution in [1.82, 2.24) is 10.2 Å². The third-order valence-electron chi connectivity index (χ3n) is 5.74. The summed E-state index contributed by atoms with van der Waals surface area (Å²) in [6.07, 6.45) is 2.63. The maximum Gasteiger partial charge on any atom is 0.0230 e. The van der Waals surface area contributed by atoms with E-state index >= 15 is 0 Å². The van der Waals surface area contributed by atoms with E-state index in [2.05, 4.69) is 71.7 Å². The number of nitrogens with zero attached hydrogens (tertiary/aromatic N) is 1. The molecule has 2 bridgehead atoms. The molecule has 23 heavy (non-hydrogen) atoms. The minimum atomic E-state index is 0.414. The van der Waals surface area contributed by atoms with E-state index in [4.69, 9.17) is 0 Å². The summed E-state index contributed by atoms with van der Waals surface area (Å²) in [5, 5.41) is 3.67. The number of hydrogen-bond donors (Lipinski definition) is 1. The van der Waals surface area contributed by atoms with Gasteiger partial charge < -0.3 is 5.32 Å². The minimum Gasteiger partial charge on any atom is -0.311 e. The van der Waals surface area contributed by atoms with Crippen LogP contribution in [0.3, 0.4) is 0 Å². The molecule has 2 aliphatic rings. The molecular formula is C21H26N2. The zero-order valence-electron chi connectivity index (χ0n) is 14.0. The third-order valence-corrected chi connectivity index (χ3v) is 5.74. The van der Waals surface area contributed by atoms with Gasteiger partial charge in [0.25, 0.3) is 0 Å². The fraction of sp³-hybridized carbons (Fsp3) is 0.429. The number of hydrogen-bond acceptors (Lipinski definition) is 2. The predicted molar refractivity (Wildman–Crippen MR) is 95.6 cm³/mol. The topological polar surface area (TPSA) is 15.3 Å². The molecule has 1 unspecified atom stereocenters. The fourth-order valence-electron chi connectivity index (χ4n) is 4.40. The maximum absolute atomic E-state index is 3.67. The van der Waals surface area contributed by atoms with Crippen molar-refractivity contribution in [2.75, 3.05) is 19.6 Å².